The minimum atomic E-state index is -3.62. The van der Waals surface area contributed by atoms with E-state index in [2.05, 4.69) is 10.2 Å². The van der Waals surface area contributed by atoms with Gasteiger partial charge in [-0.15, -0.1) is 0 Å². The van der Waals surface area contributed by atoms with E-state index >= 15 is 0 Å². The summed E-state index contributed by atoms with van der Waals surface area (Å²) in [6, 6.07) is 19.4. The number of sulfonamides is 1. The van der Waals surface area contributed by atoms with E-state index in [4.69, 9.17) is 27.9 Å². The molecule has 10 heteroatoms. The van der Waals surface area contributed by atoms with Gasteiger partial charge in [0, 0.05) is 30.2 Å². The van der Waals surface area contributed by atoms with Gasteiger partial charge in [-0.25, -0.2) is 8.42 Å². The van der Waals surface area contributed by atoms with Crippen LogP contribution in [-0.2, 0) is 10.0 Å². The molecule has 2 fully saturated rings. The molecule has 7 nitrogen and oxygen atoms in total. The van der Waals surface area contributed by atoms with Crippen LogP contribution in [0.3, 0.4) is 0 Å². The topological polar surface area (TPSA) is 79.0 Å². The highest BCUT2D eigenvalue weighted by Crippen LogP contribution is 2.30. The maximum atomic E-state index is 13.3. The molecule has 0 spiro atoms. The van der Waals surface area contributed by atoms with Crippen molar-refractivity contribution in [2.24, 2.45) is 0 Å². The second-order valence-corrected chi connectivity index (χ2v) is 13.3. The third-order valence-electron chi connectivity index (χ3n) is 7.69. The van der Waals surface area contributed by atoms with E-state index in [1.165, 1.54) is 17.1 Å². The molecule has 2 heterocycles. The lowest BCUT2D eigenvalue weighted by Crippen LogP contribution is -2.41. The number of carbonyl (C=O) groups excluding carboxylic acids is 1. The van der Waals surface area contributed by atoms with Crippen molar-refractivity contribution in [2.45, 2.75) is 43.1 Å². The van der Waals surface area contributed by atoms with Gasteiger partial charge in [0.25, 0.3) is 5.91 Å². The Morgan fingerprint density at radius 1 is 0.878 bits per heavy atom. The summed E-state index contributed by atoms with van der Waals surface area (Å²) in [5, 5.41) is 3.98. The second kappa shape index (κ2) is 13.6. The third kappa shape index (κ3) is 7.62. The quantitative estimate of drug-likeness (QED) is 0.278. The zero-order chi connectivity index (χ0) is 28.8. The Balaban J connectivity index is 1.10. The SMILES string of the molecule is O=C(NCCCN1CCCC1)c1ccc(OC2CCN(S(=O)(=O)c3ccc(-c4ccc(Cl)cc4)cc3)CC2)c(Cl)c1. The highest BCUT2D eigenvalue weighted by Gasteiger charge is 2.30. The molecule has 0 bridgehead atoms. The van der Waals surface area contributed by atoms with E-state index in [0.29, 0.717) is 53.8 Å². The van der Waals surface area contributed by atoms with Crippen molar-refractivity contribution in [2.75, 3.05) is 39.3 Å². The van der Waals surface area contributed by atoms with Gasteiger partial charge >= 0.3 is 0 Å². The molecule has 41 heavy (non-hydrogen) atoms. The number of amides is 1. The highest BCUT2D eigenvalue weighted by molar-refractivity contribution is 7.89. The molecule has 3 aromatic carbocycles. The molecule has 1 amide bonds. The average Bonchev–Trinajstić information content (AvgIpc) is 3.51. The van der Waals surface area contributed by atoms with Crippen molar-refractivity contribution < 1.29 is 17.9 Å². The highest BCUT2D eigenvalue weighted by atomic mass is 35.5. The summed E-state index contributed by atoms with van der Waals surface area (Å²) < 4.78 is 34.2. The van der Waals surface area contributed by atoms with Gasteiger partial charge in [-0.1, -0.05) is 47.5 Å². The van der Waals surface area contributed by atoms with Crippen molar-refractivity contribution in [1.82, 2.24) is 14.5 Å². The number of hydrogen-bond donors (Lipinski definition) is 1. The summed E-state index contributed by atoms with van der Waals surface area (Å²) in [7, 11) is -3.62. The molecule has 0 radical (unpaired) electrons. The summed E-state index contributed by atoms with van der Waals surface area (Å²) in [5.41, 5.74) is 2.38. The Bertz CT molecular complexity index is 1440. The number of benzene rings is 3. The molecule has 0 saturated carbocycles. The van der Waals surface area contributed by atoms with E-state index in [1.807, 2.05) is 36.4 Å². The lowest BCUT2D eigenvalue weighted by Gasteiger charge is -2.31. The molecular formula is C31H35Cl2N3O4S. The summed E-state index contributed by atoms with van der Waals surface area (Å²) >= 11 is 12.4. The minimum absolute atomic E-state index is 0.153. The number of hydrogen-bond acceptors (Lipinski definition) is 5. The van der Waals surface area contributed by atoms with E-state index in [-0.39, 0.29) is 16.9 Å². The van der Waals surface area contributed by atoms with Crippen molar-refractivity contribution in [3.05, 3.63) is 82.3 Å². The number of nitrogens with zero attached hydrogens (tertiary/aromatic N) is 2. The van der Waals surface area contributed by atoms with Crippen LogP contribution in [0.4, 0.5) is 0 Å². The molecule has 2 aliphatic rings. The van der Waals surface area contributed by atoms with Crippen molar-refractivity contribution in [3.8, 4) is 16.9 Å². The number of rotatable bonds is 10. The second-order valence-electron chi connectivity index (χ2n) is 10.6. The van der Waals surface area contributed by atoms with E-state index in [0.717, 1.165) is 37.2 Å². The van der Waals surface area contributed by atoms with Gasteiger partial charge in [0.15, 0.2) is 0 Å². The fourth-order valence-electron chi connectivity index (χ4n) is 5.33. The zero-order valence-electron chi connectivity index (χ0n) is 22.9. The van der Waals surface area contributed by atoms with Crippen molar-refractivity contribution in [1.29, 1.82) is 0 Å². The fraction of sp³-hybridized carbons (Fsp3) is 0.387. The molecular weight excluding hydrogens is 581 g/mol. The number of halogens is 2. The summed E-state index contributed by atoms with van der Waals surface area (Å²) in [6.45, 7) is 4.63. The summed E-state index contributed by atoms with van der Waals surface area (Å²) in [4.78, 5) is 15.2. The Labute approximate surface area is 252 Å². The maximum absolute atomic E-state index is 13.3. The molecule has 5 rings (SSSR count). The first-order chi connectivity index (χ1) is 19.8. The Morgan fingerprint density at radius 3 is 2.15 bits per heavy atom. The van der Waals surface area contributed by atoms with Gasteiger partial charge in [0.1, 0.15) is 11.9 Å². The molecule has 0 atom stereocenters. The Morgan fingerprint density at radius 2 is 1.51 bits per heavy atom. The standard InChI is InChI=1S/C31H35Cl2N3O4S/c32-26-9-4-23(5-10-26)24-6-11-28(12-7-24)41(38,39)36-20-14-27(15-21-36)40-30-13-8-25(22-29(30)33)31(37)34-16-3-19-35-17-1-2-18-35/h4-13,22,27H,1-3,14-21H2,(H,34,37). The first-order valence-electron chi connectivity index (χ1n) is 14.1. The normalized spacial score (nSPS) is 17.0. The van der Waals surface area contributed by atoms with Crippen molar-refractivity contribution >= 4 is 39.1 Å². The Hall–Kier alpha value is -2.62. The third-order valence-corrected chi connectivity index (χ3v) is 10.2. The van der Waals surface area contributed by atoms with Crippen LogP contribution in [0.5, 0.6) is 5.75 Å². The maximum Gasteiger partial charge on any atom is 0.251 e. The lowest BCUT2D eigenvalue weighted by molar-refractivity contribution is 0.0952. The molecule has 3 aromatic rings. The van der Waals surface area contributed by atoms with Gasteiger partial charge in [0.05, 0.1) is 9.92 Å². The predicted octanol–water partition coefficient (Wildman–Crippen LogP) is 6.11. The zero-order valence-corrected chi connectivity index (χ0v) is 25.2. The number of likely N-dealkylation sites (tertiary alicyclic amines) is 1. The molecule has 2 aliphatic heterocycles. The van der Waals surface area contributed by atoms with Crippen LogP contribution >= 0.6 is 23.2 Å². The molecule has 1 N–H and O–H groups in total. The van der Waals surface area contributed by atoms with E-state index < -0.39 is 10.0 Å². The fourth-order valence-corrected chi connectivity index (χ4v) is 7.15. The first-order valence-corrected chi connectivity index (χ1v) is 16.3. The molecule has 0 aliphatic carbocycles. The first kappa shape index (κ1) is 29.9. The number of carbonyl (C=O) groups is 1. The van der Waals surface area contributed by atoms with Gasteiger partial charge in [-0.3, -0.25) is 4.79 Å². The Kier molecular flexibility index (Phi) is 9.88. The van der Waals surface area contributed by atoms with Crippen LogP contribution in [0.25, 0.3) is 11.1 Å². The molecule has 218 valence electrons. The van der Waals surface area contributed by atoms with Crippen LogP contribution in [0.15, 0.2) is 71.6 Å². The summed E-state index contributed by atoms with van der Waals surface area (Å²) in [6.07, 6.45) is 4.35. The van der Waals surface area contributed by atoms with Crippen LogP contribution < -0.4 is 10.1 Å². The van der Waals surface area contributed by atoms with Gasteiger partial charge in [-0.2, -0.15) is 4.31 Å². The number of nitrogens with one attached hydrogen (secondary N) is 1. The largest absolute Gasteiger partial charge is 0.489 e. The van der Waals surface area contributed by atoms with Gasteiger partial charge < -0.3 is 15.0 Å². The molecule has 2 saturated heterocycles. The van der Waals surface area contributed by atoms with Gasteiger partial charge in [-0.05, 0) is 105 Å². The lowest BCUT2D eigenvalue weighted by atomic mass is 10.1. The molecule has 0 aromatic heterocycles. The van der Waals surface area contributed by atoms with Crippen LogP contribution in [-0.4, -0.2) is 68.9 Å². The molecule has 0 unspecified atom stereocenters. The van der Waals surface area contributed by atoms with Crippen LogP contribution in [0, 0.1) is 0 Å². The minimum Gasteiger partial charge on any atom is -0.489 e. The van der Waals surface area contributed by atoms with Crippen LogP contribution in [0.1, 0.15) is 42.5 Å². The average molecular weight is 617 g/mol. The smallest absolute Gasteiger partial charge is 0.251 e. The van der Waals surface area contributed by atoms with Crippen molar-refractivity contribution in [3.63, 3.8) is 0 Å². The van der Waals surface area contributed by atoms with E-state index in [9.17, 15) is 13.2 Å². The number of piperidine rings is 1. The van der Waals surface area contributed by atoms with Gasteiger partial charge in [0.2, 0.25) is 10.0 Å². The van der Waals surface area contributed by atoms with Crippen LogP contribution in [0.2, 0.25) is 10.0 Å². The number of ether oxygens (including phenoxy) is 1. The van der Waals surface area contributed by atoms with E-state index in [1.54, 1.807) is 30.3 Å². The summed E-state index contributed by atoms with van der Waals surface area (Å²) in [5.74, 6) is 0.343. The monoisotopic (exact) mass is 615 g/mol. The predicted molar refractivity (Wildman–Crippen MR) is 163 cm³/mol.